The van der Waals surface area contributed by atoms with Crippen molar-refractivity contribution in [3.05, 3.63) is 46.1 Å². The van der Waals surface area contributed by atoms with Crippen molar-refractivity contribution in [2.45, 2.75) is 17.7 Å². The number of halogens is 2. The Kier molecular flexibility index (Phi) is 20.0. The summed E-state index contributed by atoms with van der Waals surface area (Å²) in [5.74, 6) is -2.87. The zero-order chi connectivity index (χ0) is 36.8. The maximum Gasteiger partial charge on any atom is 0.329 e. The van der Waals surface area contributed by atoms with Gasteiger partial charge in [0, 0.05) is 25.7 Å². The molecule has 50 heavy (non-hydrogen) atoms. The lowest BCUT2D eigenvalue weighted by molar-refractivity contribution is -0.143. The number of sulfonamides is 1. The summed E-state index contributed by atoms with van der Waals surface area (Å²) in [7, 11) is -4.23. The van der Waals surface area contributed by atoms with Crippen LogP contribution in [-0.4, -0.2) is 127 Å². The number of carbonyl (C=O) groups is 4. The van der Waals surface area contributed by atoms with E-state index < -0.39 is 34.5 Å². The number of carboxylic acid groups (broad SMARTS) is 2. The van der Waals surface area contributed by atoms with Gasteiger partial charge in [-0.2, -0.15) is 0 Å². The number of hydrogen-bond donors (Lipinski definition) is 5. The molecule has 5 N–H and O–H groups in total. The highest BCUT2D eigenvalue weighted by Crippen LogP contribution is 2.37. The molecule has 1 aromatic carbocycles. The molecule has 2 aromatic rings. The van der Waals surface area contributed by atoms with Crippen LogP contribution in [0.3, 0.4) is 0 Å². The molecule has 0 spiro atoms. The molecule has 278 valence electrons. The monoisotopic (exact) mass is 768 g/mol. The van der Waals surface area contributed by atoms with Crippen LogP contribution in [0.2, 0.25) is 10.0 Å². The molecule has 1 heterocycles. The lowest BCUT2D eigenvalue weighted by atomic mass is 10.2. The van der Waals surface area contributed by atoms with Gasteiger partial charge < -0.3 is 49.3 Å². The summed E-state index contributed by atoms with van der Waals surface area (Å²) in [5.41, 5.74) is 0.165. The third kappa shape index (κ3) is 17.2. The predicted molar refractivity (Wildman–Crippen MR) is 176 cm³/mol. The second-order valence-electron chi connectivity index (χ2n) is 9.72. The number of rotatable bonds is 27. The molecule has 0 radical (unpaired) electrons. The van der Waals surface area contributed by atoms with Gasteiger partial charge in [0.15, 0.2) is 0 Å². The summed E-state index contributed by atoms with van der Waals surface area (Å²) >= 11 is 12.4. The normalized spacial score (nSPS) is 11.2. The van der Waals surface area contributed by atoms with Gasteiger partial charge in [-0.1, -0.05) is 23.2 Å². The molecule has 0 saturated heterocycles. The van der Waals surface area contributed by atoms with E-state index in [1.54, 1.807) is 0 Å². The van der Waals surface area contributed by atoms with Crippen LogP contribution in [0.4, 0.5) is 5.82 Å². The minimum atomic E-state index is -4.23. The number of nitrogens with one attached hydrogen (secondary N) is 3. The van der Waals surface area contributed by atoms with Crippen molar-refractivity contribution in [3.8, 4) is 5.75 Å². The van der Waals surface area contributed by atoms with Crippen molar-refractivity contribution in [3.63, 3.8) is 0 Å². The third-order valence-corrected chi connectivity index (χ3v) is 8.20. The van der Waals surface area contributed by atoms with Gasteiger partial charge in [-0.05, 0) is 30.7 Å². The molecule has 1 aromatic heterocycles. The number of carboxylic acids is 2. The molecule has 2 rings (SSSR count). The average molecular weight is 770 g/mol. The van der Waals surface area contributed by atoms with E-state index in [1.165, 1.54) is 30.5 Å². The van der Waals surface area contributed by atoms with Gasteiger partial charge >= 0.3 is 11.9 Å². The summed E-state index contributed by atoms with van der Waals surface area (Å²) in [5, 5.41) is 21.9. The van der Waals surface area contributed by atoms with E-state index in [9.17, 15) is 27.6 Å². The summed E-state index contributed by atoms with van der Waals surface area (Å²) in [6, 6.07) is 5.15. The fraction of sp³-hybridized carbons (Fsp3) is 0.483. The van der Waals surface area contributed by atoms with Gasteiger partial charge in [-0.15, -0.1) is 0 Å². The molecule has 0 aliphatic heterocycles. The Morgan fingerprint density at radius 2 is 1.42 bits per heavy atom. The summed E-state index contributed by atoms with van der Waals surface area (Å²) in [6.45, 7) is 0.819. The highest BCUT2D eigenvalue weighted by atomic mass is 35.5. The number of pyridine rings is 1. The number of nitrogens with zero attached hydrogens (tertiary/aromatic N) is 1. The van der Waals surface area contributed by atoms with Crippen LogP contribution in [0.1, 0.15) is 23.2 Å². The zero-order valence-corrected chi connectivity index (χ0v) is 29.0. The van der Waals surface area contributed by atoms with Crippen molar-refractivity contribution >= 4 is 62.8 Å². The number of amides is 2. The molecule has 0 aliphatic carbocycles. The Labute approximate surface area is 297 Å². The maximum atomic E-state index is 12.9. The number of carbonyl (C=O) groups excluding carboxylic acids is 2. The molecule has 0 atom stereocenters. The molecule has 2 amide bonds. The Morgan fingerprint density at radius 3 is 2.08 bits per heavy atom. The van der Waals surface area contributed by atoms with Crippen molar-refractivity contribution in [1.29, 1.82) is 0 Å². The number of anilines is 1. The number of aromatic nitrogens is 1. The van der Waals surface area contributed by atoms with E-state index >= 15 is 0 Å². The van der Waals surface area contributed by atoms with Crippen LogP contribution in [0, 0.1) is 0 Å². The minimum Gasteiger partial charge on any atom is -0.492 e. The molecule has 0 bridgehead atoms. The first-order chi connectivity index (χ1) is 23.9. The highest BCUT2D eigenvalue weighted by Gasteiger charge is 2.23. The lowest BCUT2D eigenvalue weighted by Crippen LogP contribution is -2.31. The van der Waals surface area contributed by atoms with Gasteiger partial charge in [0.1, 0.15) is 41.5 Å². The summed E-state index contributed by atoms with van der Waals surface area (Å²) in [4.78, 5) is 48.6. The summed E-state index contributed by atoms with van der Waals surface area (Å²) in [6.07, 6.45) is 1.29. The van der Waals surface area contributed by atoms with E-state index in [4.69, 9.17) is 61.8 Å². The van der Waals surface area contributed by atoms with Crippen LogP contribution in [0.15, 0.2) is 35.4 Å². The standard InChI is InChI=1S/C29H38Cl2N4O14S/c30-27-21(49-9-1-2-25(37)38)4-5-22(28(27)31)50(42,43)35-23-6-3-20(16-34-23)29(41)33-8-11-45-13-15-47-19-48-17-24(36)32-7-10-44-12-14-46-18-26(39)40/h3-6,16H,1-2,7-15,17-19H2,(H,32,36)(H,33,41)(H,34,35)(H,37,38)(H,39,40). The quantitative estimate of drug-likeness (QED) is 0.0637. The molecule has 0 unspecified atom stereocenters. The third-order valence-electron chi connectivity index (χ3n) is 5.83. The highest BCUT2D eigenvalue weighted by molar-refractivity contribution is 7.92. The fourth-order valence-corrected chi connectivity index (χ4v) is 5.35. The first kappa shape index (κ1) is 42.3. The lowest BCUT2D eigenvalue weighted by Gasteiger charge is -2.13. The van der Waals surface area contributed by atoms with Gasteiger partial charge in [0.2, 0.25) is 5.91 Å². The smallest absolute Gasteiger partial charge is 0.329 e. The molecule has 0 aliphatic rings. The number of aliphatic carboxylic acids is 2. The van der Waals surface area contributed by atoms with Gasteiger partial charge in [-0.25, -0.2) is 18.2 Å². The van der Waals surface area contributed by atoms with E-state index in [0.29, 0.717) is 0 Å². The van der Waals surface area contributed by atoms with Crippen LogP contribution in [0.25, 0.3) is 0 Å². The second kappa shape index (κ2) is 23.6. The Balaban J connectivity index is 1.58. The molecule has 21 heteroatoms. The van der Waals surface area contributed by atoms with Crippen LogP contribution < -0.4 is 20.1 Å². The molecular weight excluding hydrogens is 731 g/mol. The molecule has 0 saturated carbocycles. The Hall–Kier alpha value is -3.82. The first-order valence-corrected chi connectivity index (χ1v) is 17.1. The van der Waals surface area contributed by atoms with Crippen molar-refractivity contribution < 1.29 is 66.2 Å². The van der Waals surface area contributed by atoms with E-state index in [-0.39, 0.29) is 124 Å². The number of hydrogen-bond acceptors (Lipinski definition) is 13. The molecular formula is C29H38Cl2N4O14S. The van der Waals surface area contributed by atoms with Gasteiger partial charge in [0.25, 0.3) is 15.9 Å². The Bertz CT molecular complexity index is 1500. The van der Waals surface area contributed by atoms with Crippen molar-refractivity contribution in [2.75, 3.05) is 84.1 Å². The van der Waals surface area contributed by atoms with Gasteiger partial charge in [0.05, 0.1) is 56.8 Å². The van der Waals surface area contributed by atoms with Gasteiger partial charge in [-0.3, -0.25) is 19.1 Å². The molecule has 18 nitrogen and oxygen atoms in total. The second-order valence-corrected chi connectivity index (χ2v) is 12.1. The number of benzene rings is 1. The van der Waals surface area contributed by atoms with E-state index in [1.807, 2.05) is 0 Å². The predicted octanol–water partition coefficient (Wildman–Crippen LogP) is 1.40. The molecule has 0 fully saturated rings. The average Bonchev–Trinajstić information content (AvgIpc) is 3.06. The van der Waals surface area contributed by atoms with E-state index in [2.05, 4.69) is 20.3 Å². The fourth-order valence-electron chi connectivity index (χ4n) is 3.52. The van der Waals surface area contributed by atoms with Crippen LogP contribution >= 0.6 is 23.2 Å². The first-order valence-electron chi connectivity index (χ1n) is 14.9. The largest absolute Gasteiger partial charge is 0.492 e. The summed E-state index contributed by atoms with van der Waals surface area (Å²) < 4.78 is 59.1. The van der Waals surface area contributed by atoms with E-state index in [0.717, 1.165) is 0 Å². The SMILES string of the molecule is O=C(O)CCCOc1ccc(S(=O)(=O)Nc2ccc(C(=O)NCCOCCOCOCC(=O)NCCOCCOCC(=O)O)cn2)c(Cl)c1Cl. The zero-order valence-electron chi connectivity index (χ0n) is 26.7. The number of ether oxygens (including phenoxy) is 6. The maximum absolute atomic E-state index is 12.9. The Morgan fingerprint density at radius 1 is 0.740 bits per heavy atom. The van der Waals surface area contributed by atoms with Crippen molar-refractivity contribution in [2.24, 2.45) is 0 Å². The topological polar surface area (TPSA) is 247 Å². The van der Waals surface area contributed by atoms with Crippen LogP contribution in [-0.2, 0) is 48.1 Å². The van der Waals surface area contributed by atoms with Crippen molar-refractivity contribution in [1.82, 2.24) is 15.6 Å². The minimum absolute atomic E-state index is 0.0397. The van der Waals surface area contributed by atoms with Crippen LogP contribution in [0.5, 0.6) is 5.75 Å².